The summed E-state index contributed by atoms with van der Waals surface area (Å²) in [5, 5.41) is 4.98. The van der Waals surface area contributed by atoms with Crippen molar-refractivity contribution in [3.8, 4) is 0 Å². The van der Waals surface area contributed by atoms with Gasteiger partial charge in [-0.15, -0.1) is 0 Å². The molecule has 0 spiro atoms. The molecule has 0 aromatic carbocycles. The van der Waals surface area contributed by atoms with Crippen molar-refractivity contribution in [3.05, 3.63) is 17.0 Å². The summed E-state index contributed by atoms with van der Waals surface area (Å²) in [6.45, 7) is 16.1. The predicted octanol–water partition coefficient (Wildman–Crippen LogP) is 5.29. The van der Waals surface area contributed by atoms with Gasteiger partial charge in [0.2, 0.25) is 0 Å². The molecule has 1 aromatic heterocycles. The van der Waals surface area contributed by atoms with E-state index in [2.05, 4.69) is 53.1 Å². The van der Waals surface area contributed by atoms with Crippen LogP contribution in [0.25, 0.3) is 0 Å². The van der Waals surface area contributed by atoms with E-state index < -0.39 is 0 Å². The van der Waals surface area contributed by atoms with Gasteiger partial charge in [0, 0.05) is 16.7 Å². The Hall–Kier alpha value is -0.790. The Labute approximate surface area is 125 Å². The van der Waals surface area contributed by atoms with Gasteiger partial charge in [0.25, 0.3) is 0 Å². The van der Waals surface area contributed by atoms with E-state index in [1.165, 1.54) is 49.1 Å². The first-order chi connectivity index (χ1) is 9.12. The highest BCUT2D eigenvalue weighted by molar-refractivity contribution is 5.37. The predicted molar refractivity (Wildman–Crippen MR) is 86.5 cm³/mol. The Balaban J connectivity index is 2.57. The molecule has 1 aliphatic rings. The van der Waals surface area contributed by atoms with Crippen LogP contribution in [0.4, 0.5) is 0 Å². The van der Waals surface area contributed by atoms with E-state index >= 15 is 0 Å². The molecule has 1 aliphatic carbocycles. The normalized spacial score (nSPS) is 18.6. The fourth-order valence-electron chi connectivity index (χ4n) is 3.75. The molecular formula is C18H32N2. The lowest BCUT2D eigenvalue weighted by atomic mass is 9.78. The van der Waals surface area contributed by atoms with Crippen molar-refractivity contribution >= 4 is 0 Å². The van der Waals surface area contributed by atoms with Crippen LogP contribution < -0.4 is 0 Å². The first-order valence-corrected chi connectivity index (χ1v) is 8.22. The van der Waals surface area contributed by atoms with E-state index in [4.69, 9.17) is 5.10 Å². The van der Waals surface area contributed by atoms with Gasteiger partial charge in [-0.1, -0.05) is 60.8 Å². The molecule has 0 amide bonds. The summed E-state index contributed by atoms with van der Waals surface area (Å²) in [6.07, 6.45) is 6.71. The van der Waals surface area contributed by atoms with Gasteiger partial charge in [-0.25, -0.2) is 0 Å². The maximum atomic E-state index is 4.98. The van der Waals surface area contributed by atoms with Crippen molar-refractivity contribution in [1.82, 2.24) is 9.78 Å². The van der Waals surface area contributed by atoms with Crippen LogP contribution in [0.5, 0.6) is 0 Å². The Kier molecular flexibility index (Phi) is 4.05. The zero-order chi connectivity index (χ0) is 15.1. The highest BCUT2D eigenvalue weighted by atomic mass is 15.3. The quantitative estimate of drug-likeness (QED) is 0.681. The summed E-state index contributed by atoms with van der Waals surface area (Å²) in [6, 6.07) is 0.618. The number of hydrogen-bond acceptors (Lipinski definition) is 1. The third kappa shape index (κ3) is 2.94. The second kappa shape index (κ2) is 5.20. The Morgan fingerprint density at radius 3 is 1.90 bits per heavy atom. The van der Waals surface area contributed by atoms with Crippen LogP contribution >= 0.6 is 0 Å². The number of nitrogens with zero attached hydrogens (tertiary/aromatic N) is 2. The molecule has 2 nitrogen and oxygen atoms in total. The van der Waals surface area contributed by atoms with Gasteiger partial charge in [0.15, 0.2) is 0 Å². The van der Waals surface area contributed by atoms with Gasteiger partial charge in [-0.2, -0.15) is 5.10 Å². The molecule has 0 bridgehead atoms. The van der Waals surface area contributed by atoms with E-state index in [1.54, 1.807) is 0 Å². The number of aryl methyl sites for hydroxylation is 1. The highest BCUT2D eigenvalue weighted by Crippen LogP contribution is 2.39. The van der Waals surface area contributed by atoms with E-state index in [9.17, 15) is 0 Å². The van der Waals surface area contributed by atoms with Gasteiger partial charge in [0.05, 0.1) is 11.7 Å². The number of hydrogen-bond donors (Lipinski definition) is 0. The van der Waals surface area contributed by atoms with Crippen molar-refractivity contribution in [2.75, 3.05) is 0 Å². The summed E-state index contributed by atoms with van der Waals surface area (Å²) >= 11 is 0. The number of rotatable bonds is 1. The van der Waals surface area contributed by atoms with Gasteiger partial charge >= 0.3 is 0 Å². The Morgan fingerprint density at radius 1 is 0.900 bits per heavy atom. The summed E-state index contributed by atoms with van der Waals surface area (Å²) in [4.78, 5) is 0. The molecule has 0 radical (unpaired) electrons. The summed E-state index contributed by atoms with van der Waals surface area (Å²) in [5.41, 5.74) is 4.49. The summed E-state index contributed by atoms with van der Waals surface area (Å²) < 4.78 is 2.40. The fourth-order valence-corrected chi connectivity index (χ4v) is 3.75. The molecule has 1 fully saturated rings. The zero-order valence-electron chi connectivity index (χ0n) is 14.5. The van der Waals surface area contributed by atoms with E-state index in [1.807, 2.05) is 0 Å². The van der Waals surface area contributed by atoms with Crippen molar-refractivity contribution in [2.24, 2.45) is 0 Å². The largest absolute Gasteiger partial charge is 0.265 e. The average molecular weight is 276 g/mol. The molecular weight excluding hydrogens is 244 g/mol. The van der Waals surface area contributed by atoms with Crippen molar-refractivity contribution in [2.45, 2.75) is 97.4 Å². The molecule has 1 saturated carbocycles. The second-order valence-electron chi connectivity index (χ2n) is 8.55. The average Bonchev–Trinajstić information content (AvgIpc) is 2.67. The third-order valence-electron chi connectivity index (χ3n) is 4.47. The van der Waals surface area contributed by atoms with Gasteiger partial charge < -0.3 is 0 Å². The van der Waals surface area contributed by atoms with Crippen LogP contribution in [0, 0.1) is 6.92 Å². The Bertz CT molecular complexity index is 463. The van der Waals surface area contributed by atoms with Crippen LogP contribution in [0.3, 0.4) is 0 Å². The molecule has 1 heterocycles. The zero-order valence-corrected chi connectivity index (χ0v) is 14.5. The molecule has 0 N–H and O–H groups in total. The van der Waals surface area contributed by atoms with Gasteiger partial charge in [-0.3, -0.25) is 4.68 Å². The third-order valence-corrected chi connectivity index (χ3v) is 4.47. The van der Waals surface area contributed by atoms with E-state index in [0.29, 0.717) is 6.04 Å². The molecule has 0 unspecified atom stereocenters. The maximum absolute atomic E-state index is 4.98. The minimum absolute atomic E-state index is 0.154. The lowest BCUT2D eigenvalue weighted by Gasteiger charge is -2.32. The highest BCUT2D eigenvalue weighted by Gasteiger charge is 2.34. The molecule has 1 aromatic rings. The van der Waals surface area contributed by atoms with Gasteiger partial charge in [-0.05, 0) is 25.2 Å². The molecule has 0 aliphatic heterocycles. The first kappa shape index (κ1) is 15.6. The minimum Gasteiger partial charge on any atom is -0.265 e. The standard InChI is InChI=1S/C18H32N2/c1-13-15(17(2,3)4)16(18(5,6)7)20(19-13)14-11-9-8-10-12-14/h14H,8-12H2,1-7H3. The topological polar surface area (TPSA) is 17.8 Å². The second-order valence-corrected chi connectivity index (χ2v) is 8.55. The fraction of sp³-hybridized carbons (Fsp3) is 0.833. The van der Waals surface area contributed by atoms with Crippen LogP contribution in [-0.2, 0) is 10.8 Å². The molecule has 0 atom stereocenters. The van der Waals surface area contributed by atoms with Crippen molar-refractivity contribution < 1.29 is 0 Å². The van der Waals surface area contributed by atoms with Gasteiger partial charge in [0.1, 0.15) is 0 Å². The minimum atomic E-state index is 0.154. The summed E-state index contributed by atoms with van der Waals surface area (Å²) in [5.74, 6) is 0. The lowest BCUT2D eigenvalue weighted by Crippen LogP contribution is -2.27. The molecule has 114 valence electrons. The van der Waals surface area contributed by atoms with Crippen LogP contribution in [0.15, 0.2) is 0 Å². The van der Waals surface area contributed by atoms with Crippen molar-refractivity contribution in [3.63, 3.8) is 0 Å². The molecule has 20 heavy (non-hydrogen) atoms. The van der Waals surface area contributed by atoms with Crippen LogP contribution in [-0.4, -0.2) is 9.78 Å². The lowest BCUT2D eigenvalue weighted by molar-refractivity contribution is 0.307. The van der Waals surface area contributed by atoms with E-state index in [-0.39, 0.29) is 10.8 Å². The van der Waals surface area contributed by atoms with Crippen LogP contribution in [0.2, 0.25) is 0 Å². The smallest absolute Gasteiger partial charge is 0.0634 e. The molecule has 0 saturated heterocycles. The maximum Gasteiger partial charge on any atom is 0.0634 e. The molecule has 2 rings (SSSR count). The number of aromatic nitrogens is 2. The summed E-state index contributed by atoms with van der Waals surface area (Å²) in [7, 11) is 0. The first-order valence-electron chi connectivity index (χ1n) is 8.22. The van der Waals surface area contributed by atoms with Crippen molar-refractivity contribution in [1.29, 1.82) is 0 Å². The molecule has 2 heteroatoms. The van der Waals surface area contributed by atoms with Crippen LogP contribution in [0.1, 0.15) is 96.6 Å². The van der Waals surface area contributed by atoms with E-state index in [0.717, 1.165) is 0 Å². The monoisotopic (exact) mass is 276 g/mol. The Morgan fingerprint density at radius 2 is 1.45 bits per heavy atom. The SMILES string of the molecule is Cc1nn(C2CCCCC2)c(C(C)(C)C)c1C(C)(C)C.